The highest BCUT2D eigenvalue weighted by Gasteiger charge is 2.13. The lowest BCUT2D eigenvalue weighted by atomic mass is 10.2. The summed E-state index contributed by atoms with van der Waals surface area (Å²) >= 11 is 6.39. The molecule has 0 unspecified atom stereocenters. The van der Waals surface area contributed by atoms with Crippen LogP contribution in [-0.4, -0.2) is 34.6 Å². The fraction of sp³-hybridized carbons (Fsp3) is 0.273. The predicted molar refractivity (Wildman–Crippen MR) is 122 cm³/mol. The fourth-order valence-corrected chi connectivity index (χ4v) is 2.93. The van der Waals surface area contributed by atoms with Gasteiger partial charge in [0.1, 0.15) is 0 Å². The largest absolute Gasteiger partial charge is 0.490 e. The molecule has 0 aliphatic rings. The topological polar surface area (TPSA) is 101 Å². The Kier molecular flexibility index (Phi) is 7.61. The molecule has 0 aliphatic heterocycles. The molecule has 0 bridgehead atoms. The van der Waals surface area contributed by atoms with Crippen molar-refractivity contribution < 1.29 is 9.47 Å². The number of H-pyrrole nitrogens is 1. The van der Waals surface area contributed by atoms with Crippen LogP contribution in [0.2, 0.25) is 5.02 Å². The van der Waals surface area contributed by atoms with Gasteiger partial charge in [-0.15, -0.1) is 10.2 Å². The van der Waals surface area contributed by atoms with Crippen LogP contribution < -0.4 is 20.5 Å². The van der Waals surface area contributed by atoms with Gasteiger partial charge in [0.05, 0.1) is 24.5 Å². The number of hydrazone groups is 1. The van der Waals surface area contributed by atoms with Crippen molar-refractivity contribution in [2.75, 3.05) is 18.6 Å². The van der Waals surface area contributed by atoms with Gasteiger partial charge in [-0.05, 0) is 30.5 Å². The highest BCUT2D eigenvalue weighted by molar-refractivity contribution is 6.32. The van der Waals surface area contributed by atoms with Crippen LogP contribution in [0.1, 0.15) is 26.3 Å². The smallest absolute Gasteiger partial charge is 0.279 e. The van der Waals surface area contributed by atoms with Crippen molar-refractivity contribution in [2.45, 2.75) is 20.8 Å². The number of nitrogens with one attached hydrogen (secondary N) is 2. The molecule has 0 radical (unpaired) electrons. The molecular weight excluding hydrogens is 418 g/mol. The van der Waals surface area contributed by atoms with E-state index in [4.69, 9.17) is 21.1 Å². The van der Waals surface area contributed by atoms with Gasteiger partial charge in [0.25, 0.3) is 5.56 Å². The lowest BCUT2D eigenvalue weighted by Gasteiger charge is -2.15. The van der Waals surface area contributed by atoms with Gasteiger partial charge in [-0.2, -0.15) is 5.10 Å². The quantitative estimate of drug-likeness (QED) is 0.377. The van der Waals surface area contributed by atoms with Gasteiger partial charge in [-0.3, -0.25) is 9.78 Å². The minimum absolute atomic E-state index is 0.119. The molecule has 3 rings (SSSR count). The Bertz CT molecular complexity index is 1100. The molecule has 0 aliphatic carbocycles. The molecule has 1 heterocycles. The van der Waals surface area contributed by atoms with E-state index in [1.54, 1.807) is 24.3 Å². The minimum Gasteiger partial charge on any atom is -0.490 e. The van der Waals surface area contributed by atoms with Crippen LogP contribution in [0.3, 0.4) is 0 Å². The Balaban J connectivity index is 1.74. The van der Waals surface area contributed by atoms with Gasteiger partial charge in [0, 0.05) is 5.56 Å². The van der Waals surface area contributed by atoms with Gasteiger partial charge >= 0.3 is 0 Å². The Morgan fingerprint density at radius 3 is 2.65 bits per heavy atom. The Morgan fingerprint density at radius 2 is 1.97 bits per heavy atom. The summed E-state index contributed by atoms with van der Waals surface area (Å²) in [6.45, 7) is 7.00. The van der Waals surface area contributed by atoms with Gasteiger partial charge in [0.15, 0.2) is 17.2 Å². The number of aromatic nitrogens is 3. The van der Waals surface area contributed by atoms with Crippen molar-refractivity contribution in [1.82, 2.24) is 15.2 Å². The standard InChI is InChI=1S/C22H24ClN5O3/c1-4-30-18-11-15(10-17(23)20(18)31-13-14(2)3)12-24-27-22-25-21(29)19(26-28-22)16-8-6-5-7-9-16/h5-12,14H,4,13H2,1-3H3,(H2,25,27,28,29)/b24-12+. The van der Waals surface area contributed by atoms with E-state index in [0.29, 0.717) is 46.8 Å². The summed E-state index contributed by atoms with van der Waals surface area (Å²) in [7, 11) is 0. The van der Waals surface area contributed by atoms with Gasteiger partial charge in [0.2, 0.25) is 5.95 Å². The van der Waals surface area contributed by atoms with Gasteiger partial charge < -0.3 is 9.47 Å². The SMILES string of the molecule is CCOc1cc(/C=N/Nc2nnc(-c3ccccc3)c(=O)[nH]2)cc(Cl)c1OCC(C)C. The molecular formula is C22H24ClN5O3. The van der Waals surface area contributed by atoms with E-state index in [-0.39, 0.29) is 17.2 Å². The third-order valence-corrected chi connectivity index (χ3v) is 4.30. The summed E-state index contributed by atoms with van der Waals surface area (Å²) < 4.78 is 11.5. The van der Waals surface area contributed by atoms with Crippen LogP contribution in [-0.2, 0) is 0 Å². The average molecular weight is 442 g/mol. The molecule has 2 N–H and O–H groups in total. The van der Waals surface area contributed by atoms with Crippen molar-refractivity contribution in [3.63, 3.8) is 0 Å². The number of nitrogens with zero attached hydrogens (tertiary/aromatic N) is 3. The maximum Gasteiger partial charge on any atom is 0.279 e. The second-order valence-corrected chi connectivity index (χ2v) is 7.46. The van der Waals surface area contributed by atoms with Crippen LogP contribution in [0.5, 0.6) is 11.5 Å². The second kappa shape index (κ2) is 10.6. The molecule has 0 atom stereocenters. The molecule has 1 aromatic heterocycles. The summed E-state index contributed by atoms with van der Waals surface area (Å²) in [5, 5.41) is 12.5. The molecule has 0 fully saturated rings. The lowest BCUT2D eigenvalue weighted by Crippen LogP contribution is -2.15. The maximum atomic E-state index is 12.3. The van der Waals surface area contributed by atoms with E-state index in [1.807, 2.05) is 25.1 Å². The molecule has 0 amide bonds. The zero-order valence-corrected chi connectivity index (χ0v) is 18.3. The first kappa shape index (κ1) is 22.3. The molecule has 2 aromatic carbocycles. The van der Waals surface area contributed by atoms with Crippen LogP contribution in [0.4, 0.5) is 5.95 Å². The van der Waals surface area contributed by atoms with Crippen LogP contribution in [0.15, 0.2) is 52.4 Å². The monoisotopic (exact) mass is 441 g/mol. The van der Waals surface area contributed by atoms with E-state index in [1.165, 1.54) is 6.21 Å². The highest BCUT2D eigenvalue weighted by Crippen LogP contribution is 2.36. The number of aromatic amines is 1. The summed E-state index contributed by atoms with van der Waals surface area (Å²) in [5.41, 5.74) is 3.90. The van der Waals surface area contributed by atoms with E-state index in [0.717, 1.165) is 0 Å². The zero-order valence-electron chi connectivity index (χ0n) is 17.6. The van der Waals surface area contributed by atoms with E-state index < -0.39 is 0 Å². The lowest BCUT2D eigenvalue weighted by molar-refractivity contribution is 0.248. The number of hydrogen-bond donors (Lipinski definition) is 2. The molecule has 0 spiro atoms. The number of halogens is 1. The predicted octanol–water partition coefficient (Wildman–Crippen LogP) is 4.36. The number of ether oxygens (including phenoxy) is 2. The van der Waals surface area contributed by atoms with Crippen molar-refractivity contribution in [2.24, 2.45) is 11.0 Å². The first-order valence-corrected chi connectivity index (χ1v) is 10.3. The third kappa shape index (κ3) is 6.05. The van der Waals surface area contributed by atoms with E-state index in [2.05, 4.69) is 39.6 Å². The van der Waals surface area contributed by atoms with Crippen molar-refractivity contribution >= 4 is 23.8 Å². The fourth-order valence-electron chi connectivity index (χ4n) is 2.66. The van der Waals surface area contributed by atoms with Crippen LogP contribution >= 0.6 is 11.6 Å². The van der Waals surface area contributed by atoms with E-state index >= 15 is 0 Å². The Labute approximate surface area is 185 Å². The molecule has 8 nitrogen and oxygen atoms in total. The van der Waals surface area contributed by atoms with Crippen molar-refractivity contribution in [1.29, 1.82) is 0 Å². The first-order valence-electron chi connectivity index (χ1n) is 9.88. The highest BCUT2D eigenvalue weighted by atomic mass is 35.5. The maximum absolute atomic E-state index is 12.3. The van der Waals surface area contributed by atoms with Crippen molar-refractivity contribution in [3.05, 3.63) is 63.4 Å². The summed E-state index contributed by atoms with van der Waals surface area (Å²) in [6, 6.07) is 12.6. The van der Waals surface area contributed by atoms with Gasteiger partial charge in [-0.1, -0.05) is 55.8 Å². The molecule has 162 valence electrons. The molecule has 0 saturated heterocycles. The van der Waals surface area contributed by atoms with Crippen LogP contribution in [0.25, 0.3) is 11.3 Å². The van der Waals surface area contributed by atoms with Crippen LogP contribution in [0, 0.1) is 5.92 Å². The number of benzene rings is 2. The summed E-state index contributed by atoms with van der Waals surface area (Å²) in [4.78, 5) is 14.9. The summed E-state index contributed by atoms with van der Waals surface area (Å²) in [6.07, 6.45) is 1.53. The average Bonchev–Trinajstić information content (AvgIpc) is 2.74. The normalized spacial score (nSPS) is 11.1. The third-order valence-electron chi connectivity index (χ3n) is 4.02. The summed E-state index contributed by atoms with van der Waals surface area (Å²) in [5.74, 6) is 1.52. The Hall–Kier alpha value is -3.39. The van der Waals surface area contributed by atoms with E-state index in [9.17, 15) is 4.79 Å². The molecule has 31 heavy (non-hydrogen) atoms. The second-order valence-electron chi connectivity index (χ2n) is 7.06. The molecule has 3 aromatic rings. The number of anilines is 1. The van der Waals surface area contributed by atoms with Gasteiger partial charge in [-0.25, -0.2) is 5.43 Å². The molecule has 0 saturated carbocycles. The number of hydrogen-bond acceptors (Lipinski definition) is 7. The van der Waals surface area contributed by atoms with Crippen molar-refractivity contribution in [3.8, 4) is 22.8 Å². The molecule has 9 heteroatoms. The first-order chi connectivity index (χ1) is 15.0. The Morgan fingerprint density at radius 1 is 1.19 bits per heavy atom. The number of rotatable bonds is 9. The zero-order chi connectivity index (χ0) is 22.2. The minimum atomic E-state index is -0.368.